The van der Waals surface area contributed by atoms with Crippen LogP contribution >= 0.6 is 11.6 Å². The first kappa shape index (κ1) is 11.7. The summed E-state index contributed by atoms with van der Waals surface area (Å²) in [7, 11) is 0. The van der Waals surface area contributed by atoms with Crippen molar-refractivity contribution in [1.29, 1.82) is 0 Å². The first-order chi connectivity index (χ1) is 8.16. The van der Waals surface area contributed by atoms with Crippen molar-refractivity contribution in [3.05, 3.63) is 46.6 Å². The Bertz CT molecular complexity index is 528. The zero-order chi connectivity index (χ0) is 12.3. The molecule has 4 N–H and O–H groups in total. The number of aryl methyl sites for hydroxylation is 2. The summed E-state index contributed by atoms with van der Waals surface area (Å²) in [6.07, 6.45) is 3.21. The molecular formula is C12H13ClN4. The van der Waals surface area contributed by atoms with Crippen LogP contribution in [0.25, 0.3) is 0 Å². The molecular weight excluding hydrogens is 236 g/mol. The second kappa shape index (κ2) is 5.01. The number of anilines is 2. The summed E-state index contributed by atoms with van der Waals surface area (Å²) in [6.45, 7) is 0. The number of aromatic nitrogens is 2. The second-order valence-electron chi connectivity index (χ2n) is 3.73. The Morgan fingerprint density at radius 2 is 1.76 bits per heavy atom. The van der Waals surface area contributed by atoms with E-state index >= 15 is 0 Å². The molecule has 88 valence electrons. The van der Waals surface area contributed by atoms with E-state index in [1.165, 1.54) is 0 Å². The summed E-state index contributed by atoms with van der Waals surface area (Å²) in [6, 6.07) is 7.74. The SMILES string of the molecule is Nc1ncc(CCc2ccccc2Cl)c(N)n1. The predicted molar refractivity (Wildman–Crippen MR) is 69.7 cm³/mol. The predicted octanol–water partition coefficient (Wildman–Crippen LogP) is 2.08. The van der Waals surface area contributed by atoms with Gasteiger partial charge in [-0.05, 0) is 24.5 Å². The van der Waals surface area contributed by atoms with Crippen LogP contribution in [0, 0.1) is 0 Å². The third kappa shape index (κ3) is 2.85. The lowest BCUT2D eigenvalue weighted by Gasteiger charge is -2.06. The molecule has 17 heavy (non-hydrogen) atoms. The number of rotatable bonds is 3. The molecule has 0 fully saturated rings. The number of benzene rings is 1. The summed E-state index contributed by atoms with van der Waals surface area (Å²) in [5.41, 5.74) is 13.2. The number of nitrogen functional groups attached to an aromatic ring is 2. The Morgan fingerprint density at radius 1 is 1.06 bits per heavy atom. The highest BCUT2D eigenvalue weighted by atomic mass is 35.5. The van der Waals surface area contributed by atoms with E-state index in [-0.39, 0.29) is 5.95 Å². The van der Waals surface area contributed by atoms with E-state index in [2.05, 4.69) is 9.97 Å². The summed E-state index contributed by atoms with van der Waals surface area (Å²) < 4.78 is 0. The zero-order valence-electron chi connectivity index (χ0n) is 9.23. The molecule has 4 nitrogen and oxygen atoms in total. The van der Waals surface area contributed by atoms with Gasteiger partial charge in [0.15, 0.2) is 0 Å². The van der Waals surface area contributed by atoms with Gasteiger partial charge in [-0.15, -0.1) is 0 Å². The van der Waals surface area contributed by atoms with Crippen molar-refractivity contribution in [2.24, 2.45) is 0 Å². The van der Waals surface area contributed by atoms with Crippen molar-refractivity contribution in [1.82, 2.24) is 9.97 Å². The molecule has 1 aromatic carbocycles. The maximum atomic E-state index is 6.07. The van der Waals surface area contributed by atoms with Gasteiger partial charge in [0, 0.05) is 16.8 Å². The van der Waals surface area contributed by atoms with Gasteiger partial charge in [-0.2, -0.15) is 4.98 Å². The molecule has 0 spiro atoms. The van der Waals surface area contributed by atoms with Crippen LogP contribution in [-0.4, -0.2) is 9.97 Å². The first-order valence-electron chi connectivity index (χ1n) is 5.27. The minimum absolute atomic E-state index is 0.198. The Hall–Kier alpha value is -1.81. The summed E-state index contributed by atoms with van der Waals surface area (Å²) in [4.78, 5) is 7.85. The zero-order valence-corrected chi connectivity index (χ0v) is 9.98. The quantitative estimate of drug-likeness (QED) is 0.872. The van der Waals surface area contributed by atoms with Gasteiger partial charge in [0.25, 0.3) is 0 Å². The van der Waals surface area contributed by atoms with Crippen molar-refractivity contribution in [3.8, 4) is 0 Å². The number of nitrogens with two attached hydrogens (primary N) is 2. The molecule has 0 bridgehead atoms. The molecule has 1 heterocycles. The molecule has 0 atom stereocenters. The first-order valence-corrected chi connectivity index (χ1v) is 5.65. The Kier molecular flexibility index (Phi) is 3.44. The lowest BCUT2D eigenvalue weighted by Crippen LogP contribution is -2.04. The third-order valence-corrected chi connectivity index (χ3v) is 2.91. The fraction of sp³-hybridized carbons (Fsp3) is 0.167. The standard InChI is InChI=1S/C12H13ClN4/c13-10-4-2-1-3-8(10)5-6-9-7-16-12(15)17-11(9)14/h1-4,7H,5-6H2,(H4,14,15,16,17). The highest BCUT2D eigenvalue weighted by molar-refractivity contribution is 6.31. The monoisotopic (exact) mass is 248 g/mol. The fourth-order valence-corrected chi connectivity index (χ4v) is 1.83. The van der Waals surface area contributed by atoms with Crippen LogP contribution in [0.15, 0.2) is 30.5 Å². The minimum atomic E-state index is 0.198. The molecule has 1 aromatic heterocycles. The van der Waals surface area contributed by atoms with Crippen molar-refractivity contribution in [2.45, 2.75) is 12.8 Å². The molecule has 2 aromatic rings. The molecule has 0 saturated carbocycles. The highest BCUT2D eigenvalue weighted by Gasteiger charge is 2.04. The lowest BCUT2D eigenvalue weighted by molar-refractivity contribution is 0.941. The number of halogens is 1. The van der Waals surface area contributed by atoms with E-state index in [0.717, 1.165) is 29.0 Å². The van der Waals surface area contributed by atoms with Gasteiger partial charge in [-0.3, -0.25) is 0 Å². The molecule has 0 saturated heterocycles. The van der Waals surface area contributed by atoms with Gasteiger partial charge in [0.2, 0.25) is 5.95 Å². The molecule has 5 heteroatoms. The van der Waals surface area contributed by atoms with Gasteiger partial charge in [-0.1, -0.05) is 29.8 Å². The van der Waals surface area contributed by atoms with E-state index in [1.807, 2.05) is 24.3 Å². The van der Waals surface area contributed by atoms with Crippen LogP contribution in [-0.2, 0) is 12.8 Å². The number of hydrogen-bond donors (Lipinski definition) is 2. The van der Waals surface area contributed by atoms with Crippen molar-refractivity contribution < 1.29 is 0 Å². The van der Waals surface area contributed by atoms with Gasteiger partial charge in [0.05, 0.1) is 0 Å². The van der Waals surface area contributed by atoms with E-state index in [4.69, 9.17) is 23.1 Å². The Balaban J connectivity index is 2.10. The average Bonchev–Trinajstić information content (AvgIpc) is 2.30. The lowest BCUT2D eigenvalue weighted by atomic mass is 10.1. The fourth-order valence-electron chi connectivity index (χ4n) is 1.60. The molecule has 0 amide bonds. The maximum Gasteiger partial charge on any atom is 0.221 e. The van der Waals surface area contributed by atoms with Crippen LogP contribution < -0.4 is 11.5 Å². The number of nitrogens with zero attached hydrogens (tertiary/aromatic N) is 2. The van der Waals surface area contributed by atoms with Crippen molar-refractivity contribution in [2.75, 3.05) is 11.5 Å². The molecule has 0 unspecified atom stereocenters. The largest absolute Gasteiger partial charge is 0.383 e. The van der Waals surface area contributed by atoms with Gasteiger partial charge >= 0.3 is 0 Å². The van der Waals surface area contributed by atoms with Crippen LogP contribution in [0.3, 0.4) is 0 Å². The van der Waals surface area contributed by atoms with Crippen LogP contribution in [0.2, 0.25) is 5.02 Å². The maximum absolute atomic E-state index is 6.07. The molecule has 0 radical (unpaired) electrons. The Morgan fingerprint density at radius 3 is 2.47 bits per heavy atom. The second-order valence-corrected chi connectivity index (χ2v) is 4.14. The van der Waals surface area contributed by atoms with Crippen LogP contribution in [0.1, 0.15) is 11.1 Å². The minimum Gasteiger partial charge on any atom is -0.383 e. The highest BCUT2D eigenvalue weighted by Crippen LogP contribution is 2.18. The van der Waals surface area contributed by atoms with Crippen LogP contribution in [0.4, 0.5) is 11.8 Å². The molecule has 0 aliphatic heterocycles. The molecule has 0 aliphatic rings. The van der Waals surface area contributed by atoms with Gasteiger partial charge in [0.1, 0.15) is 5.82 Å². The summed E-state index contributed by atoms with van der Waals surface area (Å²) in [5.74, 6) is 0.633. The van der Waals surface area contributed by atoms with E-state index in [1.54, 1.807) is 6.20 Å². The average molecular weight is 249 g/mol. The van der Waals surface area contributed by atoms with Gasteiger partial charge < -0.3 is 11.5 Å². The topological polar surface area (TPSA) is 77.8 Å². The van der Waals surface area contributed by atoms with Crippen molar-refractivity contribution in [3.63, 3.8) is 0 Å². The Labute approximate surface area is 105 Å². The number of hydrogen-bond acceptors (Lipinski definition) is 4. The normalized spacial score (nSPS) is 10.4. The van der Waals surface area contributed by atoms with Crippen LogP contribution in [0.5, 0.6) is 0 Å². The van der Waals surface area contributed by atoms with E-state index in [0.29, 0.717) is 5.82 Å². The van der Waals surface area contributed by atoms with Gasteiger partial charge in [-0.25, -0.2) is 4.98 Å². The molecule has 2 rings (SSSR count). The van der Waals surface area contributed by atoms with E-state index in [9.17, 15) is 0 Å². The smallest absolute Gasteiger partial charge is 0.221 e. The third-order valence-electron chi connectivity index (χ3n) is 2.54. The summed E-state index contributed by atoms with van der Waals surface area (Å²) in [5, 5.41) is 0.766. The molecule has 0 aliphatic carbocycles. The summed E-state index contributed by atoms with van der Waals surface area (Å²) >= 11 is 6.07. The van der Waals surface area contributed by atoms with E-state index < -0.39 is 0 Å². The van der Waals surface area contributed by atoms with Crippen molar-refractivity contribution >= 4 is 23.4 Å².